The Kier molecular flexibility index (Phi) is 16.5. The number of benzene rings is 3. The Hall–Kier alpha value is -6.87. The molecule has 4 fully saturated rings. The molecule has 6 N–H and O–H groups in total. The molecule has 0 spiro atoms. The lowest BCUT2D eigenvalue weighted by Gasteiger charge is -2.35. The van der Waals surface area contributed by atoms with Crippen molar-refractivity contribution in [3.8, 4) is 33.5 Å². The topological polar surface area (TPSA) is 227 Å². The van der Waals surface area contributed by atoms with Crippen molar-refractivity contribution < 1.29 is 38.5 Å². The maximum Gasteiger partial charge on any atom is 0.319 e. The van der Waals surface area contributed by atoms with Crippen LogP contribution in [0.2, 0.25) is 0 Å². The monoisotopic (exact) mass is 1100 g/mol. The molecule has 7 heterocycles. The summed E-state index contributed by atoms with van der Waals surface area (Å²) < 4.78 is 23.6. The van der Waals surface area contributed by atoms with Crippen LogP contribution in [-0.4, -0.2) is 146 Å². The molecule has 20 heteroatoms. The van der Waals surface area contributed by atoms with Crippen molar-refractivity contribution in [2.75, 3.05) is 50.8 Å². The van der Waals surface area contributed by atoms with Crippen molar-refractivity contribution in [1.29, 1.82) is 0 Å². The fourth-order valence-corrected chi connectivity index (χ4v) is 12.7. The van der Waals surface area contributed by atoms with Gasteiger partial charge < -0.3 is 46.0 Å². The van der Waals surface area contributed by atoms with Crippen molar-refractivity contribution in [2.45, 2.75) is 135 Å². The lowest BCUT2D eigenvalue weighted by atomic mass is 9.85. The van der Waals surface area contributed by atoms with E-state index in [1.165, 1.54) is 4.90 Å². The SMILES string of the molecule is CCc1cccc2cc(O)cc(-c3ncc4c(N5C[C@H]6CC[C@@H](C5)N6)nc(OC[C@@H]5CCCN5CCC(=O)NCCC(=O)N[C@H](C(=O)N5C[C@H](O)C[C@H]5C(=O)N[C@@H](C)c5ccc(-c6scnc6C)cc5)C(C)(C)C)nc4c3F)c12. The molecule has 4 aliphatic rings. The van der Waals surface area contributed by atoms with Crippen LogP contribution in [0.25, 0.3) is 43.4 Å². The average Bonchev–Trinajstić information content (AvgIpc) is 4.38. The van der Waals surface area contributed by atoms with Gasteiger partial charge in [0.2, 0.25) is 23.6 Å². The minimum absolute atomic E-state index is 0.00792. The van der Waals surface area contributed by atoms with Crippen LogP contribution in [0.15, 0.2) is 66.3 Å². The van der Waals surface area contributed by atoms with E-state index in [4.69, 9.17) is 19.7 Å². The second-order valence-electron chi connectivity index (χ2n) is 22.8. The fraction of sp³-hybridized carbons (Fsp3) is 0.492. The van der Waals surface area contributed by atoms with E-state index in [-0.39, 0.29) is 92.0 Å². The van der Waals surface area contributed by atoms with Gasteiger partial charge >= 0.3 is 6.01 Å². The van der Waals surface area contributed by atoms with E-state index in [9.17, 15) is 29.4 Å². The van der Waals surface area contributed by atoms with Crippen LogP contribution >= 0.6 is 11.3 Å². The zero-order chi connectivity index (χ0) is 55.7. The Morgan fingerprint density at radius 1 is 0.962 bits per heavy atom. The normalized spacial score (nSPS) is 21.1. The number of amides is 4. The first-order valence-corrected chi connectivity index (χ1v) is 28.6. The number of likely N-dealkylation sites (tertiary alicyclic amines) is 2. The van der Waals surface area contributed by atoms with E-state index in [0.29, 0.717) is 42.8 Å². The lowest BCUT2D eigenvalue weighted by molar-refractivity contribution is -0.144. The average molecular weight is 1100 g/mol. The number of fused-ring (bicyclic) bond motifs is 4. The molecule has 0 saturated carbocycles. The maximum atomic E-state index is 17.2. The standard InChI is InChI=1S/C59H72FN11O7S/c1-7-35-10-8-11-38-24-42(72)25-44(49(35)38)51-50(60)52-45(27-62-51)55(70-28-39-17-18-40(29-70)65-39)68-58(67-52)78-31-41-12-9-22-69(41)23-20-47(74)61-21-19-48(75)66-54(59(4,5)6)57(77)71-30-43(73)26-46(71)56(76)64-33(2)36-13-15-37(16-14-36)53-34(3)63-32-79-53/h8,10-11,13-16,24-25,27,32-33,39-41,43,46,54,65,72-73H,7,9,12,17-23,26,28-31H2,1-6H3,(H,61,74)(H,64,76)(H,66,75)/t33-,39-,40+,41-,43+,46-,54+/m0/s1. The van der Waals surface area contributed by atoms with Crippen LogP contribution < -0.4 is 30.9 Å². The van der Waals surface area contributed by atoms with E-state index in [2.05, 4.69) is 36.1 Å². The third-order valence-corrected chi connectivity index (χ3v) is 17.1. The number of aliphatic hydroxyl groups is 1. The highest BCUT2D eigenvalue weighted by molar-refractivity contribution is 7.13. The smallest absolute Gasteiger partial charge is 0.319 e. The number of nitrogens with one attached hydrogen (secondary N) is 4. The molecular weight excluding hydrogens is 1030 g/mol. The van der Waals surface area contributed by atoms with Gasteiger partial charge in [0.25, 0.3) is 0 Å². The van der Waals surface area contributed by atoms with E-state index in [1.54, 1.807) is 29.7 Å². The minimum atomic E-state index is -1.01. The van der Waals surface area contributed by atoms with Crippen molar-refractivity contribution in [3.63, 3.8) is 0 Å². The second kappa shape index (κ2) is 23.5. The fourth-order valence-electron chi connectivity index (χ4n) is 11.9. The third-order valence-electron chi connectivity index (χ3n) is 16.1. The van der Waals surface area contributed by atoms with E-state index in [1.807, 2.05) is 89.5 Å². The van der Waals surface area contributed by atoms with Crippen molar-refractivity contribution in [1.82, 2.24) is 51.0 Å². The van der Waals surface area contributed by atoms with Gasteiger partial charge in [0.05, 0.1) is 33.6 Å². The van der Waals surface area contributed by atoms with Gasteiger partial charge in [-0.2, -0.15) is 9.97 Å². The number of phenols is 1. The van der Waals surface area contributed by atoms with Crippen molar-refractivity contribution in [2.24, 2.45) is 5.41 Å². The molecule has 7 atom stereocenters. The molecule has 0 radical (unpaired) electrons. The number of pyridine rings is 1. The molecule has 3 aromatic heterocycles. The number of ether oxygens (including phenoxy) is 1. The summed E-state index contributed by atoms with van der Waals surface area (Å²) in [5.74, 6) is -1.59. The zero-order valence-electron chi connectivity index (χ0n) is 45.9. The molecular formula is C59H72FN11O7S. The van der Waals surface area contributed by atoms with Crippen LogP contribution in [0.1, 0.15) is 102 Å². The molecule has 3 aromatic carbocycles. The maximum absolute atomic E-state index is 17.2. The summed E-state index contributed by atoms with van der Waals surface area (Å²) >= 11 is 1.57. The Morgan fingerprint density at radius 2 is 1.73 bits per heavy atom. The number of thiazole rings is 1. The number of nitrogens with zero attached hydrogens (tertiary/aromatic N) is 7. The summed E-state index contributed by atoms with van der Waals surface area (Å²) in [6.07, 6.45) is 5.37. The first kappa shape index (κ1) is 55.4. The number of phenolic OH excluding ortho intramolecular Hbond substituents is 1. The molecule has 2 bridgehead atoms. The predicted octanol–water partition coefficient (Wildman–Crippen LogP) is 6.73. The number of piperazine rings is 1. The third kappa shape index (κ3) is 12.2. The Morgan fingerprint density at radius 3 is 2.46 bits per heavy atom. The molecule has 6 aromatic rings. The van der Waals surface area contributed by atoms with Crippen LogP contribution in [-0.2, 0) is 25.6 Å². The van der Waals surface area contributed by atoms with E-state index in [0.717, 1.165) is 70.3 Å². The molecule has 0 aliphatic carbocycles. The number of rotatable bonds is 18. The summed E-state index contributed by atoms with van der Waals surface area (Å²) in [4.78, 5) is 80.2. The van der Waals surface area contributed by atoms with E-state index >= 15 is 4.39 Å². The molecule has 0 unspecified atom stereocenters. The summed E-state index contributed by atoms with van der Waals surface area (Å²) in [6.45, 7) is 14.1. The van der Waals surface area contributed by atoms with Crippen LogP contribution in [0.3, 0.4) is 0 Å². The first-order valence-electron chi connectivity index (χ1n) is 27.8. The molecule has 4 amide bonds. The van der Waals surface area contributed by atoms with Gasteiger partial charge in [-0.15, -0.1) is 11.3 Å². The Labute approximate surface area is 463 Å². The number of aromatic nitrogens is 4. The first-order chi connectivity index (χ1) is 37.9. The van der Waals surface area contributed by atoms with Gasteiger partial charge in [-0.3, -0.25) is 29.1 Å². The number of hydrogen-bond donors (Lipinski definition) is 6. The molecule has 79 heavy (non-hydrogen) atoms. The zero-order valence-corrected chi connectivity index (χ0v) is 46.7. The molecule has 10 rings (SSSR count). The van der Waals surface area contributed by atoms with Crippen LogP contribution in [0, 0.1) is 18.2 Å². The number of anilines is 1. The summed E-state index contributed by atoms with van der Waals surface area (Å²) in [5.41, 5.74) is 5.58. The predicted molar refractivity (Wildman–Crippen MR) is 302 cm³/mol. The number of aromatic hydroxyl groups is 1. The Balaban J connectivity index is 0.740. The highest BCUT2D eigenvalue weighted by atomic mass is 32.1. The number of halogens is 1. The molecule has 4 aliphatic heterocycles. The van der Waals surface area contributed by atoms with Gasteiger partial charge in [0.15, 0.2) is 5.82 Å². The number of β-amino-alcohol motifs (C(OH)–C–C–N with tert-alkyl or cyclic N) is 1. The Bertz CT molecular complexity index is 3230. The van der Waals surface area contributed by atoms with Gasteiger partial charge in [0.1, 0.15) is 41.5 Å². The second-order valence-corrected chi connectivity index (χ2v) is 23.6. The highest BCUT2D eigenvalue weighted by Crippen LogP contribution is 2.40. The quantitative estimate of drug-likeness (QED) is 0.0525. The van der Waals surface area contributed by atoms with Crippen molar-refractivity contribution >= 4 is 62.5 Å². The van der Waals surface area contributed by atoms with Crippen LogP contribution in [0.5, 0.6) is 11.8 Å². The van der Waals surface area contributed by atoms with E-state index < -0.39 is 47.1 Å². The number of carbonyl (C=O) groups excluding carboxylic acids is 4. The van der Waals surface area contributed by atoms with Crippen molar-refractivity contribution in [3.05, 3.63) is 88.9 Å². The molecule has 418 valence electrons. The molecule has 4 saturated heterocycles. The summed E-state index contributed by atoms with van der Waals surface area (Å²) in [7, 11) is 0. The van der Waals surface area contributed by atoms with Gasteiger partial charge in [-0.1, -0.05) is 70.2 Å². The number of hydrogen-bond acceptors (Lipinski definition) is 15. The number of aliphatic hydroxyl groups excluding tert-OH is 1. The van der Waals surface area contributed by atoms with Gasteiger partial charge in [-0.05, 0) is 97.5 Å². The minimum Gasteiger partial charge on any atom is -0.508 e. The van der Waals surface area contributed by atoms with Gasteiger partial charge in [0, 0.05) is 81.9 Å². The summed E-state index contributed by atoms with van der Waals surface area (Å²) in [6, 6.07) is 15.2. The largest absolute Gasteiger partial charge is 0.508 e. The lowest BCUT2D eigenvalue weighted by Crippen LogP contribution is -2.58. The molecule has 18 nitrogen and oxygen atoms in total. The summed E-state index contributed by atoms with van der Waals surface area (Å²) in [5, 5.41) is 36.0. The number of aryl methyl sites for hydroxylation is 2. The van der Waals surface area contributed by atoms with Gasteiger partial charge in [-0.25, -0.2) is 9.37 Å². The number of carbonyl (C=O) groups is 4. The van der Waals surface area contributed by atoms with Crippen LogP contribution in [0.4, 0.5) is 10.2 Å². The highest BCUT2D eigenvalue weighted by Gasteiger charge is 2.45.